The van der Waals surface area contributed by atoms with Gasteiger partial charge in [-0.2, -0.15) is 0 Å². The minimum atomic E-state index is 0.0648. The predicted octanol–water partition coefficient (Wildman–Crippen LogP) is 2.19. The Morgan fingerprint density at radius 1 is 1.25 bits per heavy atom. The van der Waals surface area contributed by atoms with Gasteiger partial charge in [0.2, 0.25) is 0 Å². The van der Waals surface area contributed by atoms with E-state index in [1.165, 1.54) is 11.1 Å². The summed E-state index contributed by atoms with van der Waals surface area (Å²) in [5, 5.41) is 0. The van der Waals surface area contributed by atoms with E-state index in [2.05, 4.69) is 24.8 Å². The van der Waals surface area contributed by atoms with Crippen LogP contribution in [0, 0.1) is 0 Å². The van der Waals surface area contributed by atoms with Gasteiger partial charge in [0.15, 0.2) is 0 Å². The van der Waals surface area contributed by atoms with Crippen LogP contribution in [0.15, 0.2) is 36.4 Å². The number of benzene rings is 1. The molecule has 0 aromatic heterocycles. The molecule has 0 saturated carbocycles. The first-order chi connectivity index (χ1) is 5.79. The highest BCUT2D eigenvalue weighted by Crippen LogP contribution is 2.30. The first-order valence-electron chi connectivity index (χ1n) is 4.30. The summed E-state index contributed by atoms with van der Waals surface area (Å²) in [6.07, 6.45) is 2.14. The Hall–Kier alpha value is -1.08. The van der Waals surface area contributed by atoms with Crippen LogP contribution < -0.4 is 5.73 Å². The molecule has 1 heteroatoms. The highest BCUT2D eigenvalue weighted by molar-refractivity contribution is 5.38. The van der Waals surface area contributed by atoms with E-state index in [0.717, 1.165) is 18.4 Å². The van der Waals surface area contributed by atoms with Crippen LogP contribution in [0.4, 0.5) is 0 Å². The Morgan fingerprint density at radius 2 is 2.00 bits per heavy atom. The molecule has 0 amide bonds. The third-order valence-electron chi connectivity index (χ3n) is 2.55. The van der Waals surface area contributed by atoms with Gasteiger partial charge in [0.25, 0.3) is 0 Å². The van der Waals surface area contributed by atoms with Crippen LogP contribution in [0.5, 0.6) is 0 Å². The van der Waals surface area contributed by atoms with Crippen LogP contribution in [-0.4, -0.2) is 0 Å². The molecule has 12 heavy (non-hydrogen) atoms. The summed E-state index contributed by atoms with van der Waals surface area (Å²) in [4.78, 5) is 0. The van der Waals surface area contributed by atoms with Crippen LogP contribution >= 0.6 is 0 Å². The zero-order valence-corrected chi connectivity index (χ0v) is 7.09. The summed E-state index contributed by atoms with van der Waals surface area (Å²) in [7, 11) is 0. The van der Waals surface area contributed by atoms with Gasteiger partial charge in [-0.25, -0.2) is 0 Å². The van der Waals surface area contributed by atoms with E-state index in [1.54, 1.807) is 0 Å². The van der Waals surface area contributed by atoms with Crippen LogP contribution in [0.1, 0.15) is 23.6 Å². The maximum absolute atomic E-state index is 5.99. The van der Waals surface area contributed by atoms with Crippen molar-refractivity contribution in [1.29, 1.82) is 0 Å². The molecule has 1 aliphatic carbocycles. The lowest BCUT2D eigenvalue weighted by Gasteiger charge is -2.24. The average molecular weight is 159 g/mol. The second-order valence-electron chi connectivity index (χ2n) is 3.33. The smallest absolute Gasteiger partial charge is 0.0511 e. The summed E-state index contributed by atoms with van der Waals surface area (Å²) in [5.41, 5.74) is 9.80. The minimum absolute atomic E-state index is 0.0648. The Bertz CT molecular complexity index is 315. The maximum Gasteiger partial charge on any atom is 0.0511 e. The Kier molecular flexibility index (Phi) is 1.74. The molecular formula is C11H13N. The van der Waals surface area contributed by atoms with Crippen molar-refractivity contribution in [3.63, 3.8) is 0 Å². The van der Waals surface area contributed by atoms with Gasteiger partial charge in [0.1, 0.15) is 0 Å². The van der Waals surface area contributed by atoms with Gasteiger partial charge in [0, 0.05) is 0 Å². The number of hydrogen-bond acceptors (Lipinski definition) is 1. The Morgan fingerprint density at radius 3 is 2.83 bits per heavy atom. The largest absolute Gasteiger partial charge is 0.321 e. The van der Waals surface area contributed by atoms with Gasteiger partial charge >= 0.3 is 0 Å². The van der Waals surface area contributed by atoms with Crippen molar-refractivity contribution in [1.82, 2.24) is 0 Å². The van der Waals surface area contributed by atoms with Crippen molar-refractivity contribution in [2.24, 2.45) is 5.73 Å². The van der Waals surface area contributed by atoms with Crippen molar-refractivity contribution >= 4 is 0 Å². The molecule has 0 radical (unpaired) electrons. The summed E-state index contributed by atoms with van der Waals surface area (Å²) >= 11 is 0. The lowest BCUT2D eigenvalue weighted by molar-refractivity contribution is 0.717. The van der Waals surface area contributed by atoms with E-state index in [-0.39, 0.29) is 6.04 Å². The van der Waals surface area contributed by atoms with Crippen molar-refractivity contribution in [2.75, 3.05) is 0 Å². The van der Waals surface area contributed by atoms with E-state index in [1.807, 2.05) is 6.07 Å². The van der Waals surface area contributed by atoms with E-state index in [4.69, 9.17) is 5.73 Å². The van der Waals surface area contributed by atoms with Gasteiger partial charge in [-0.15, -0.1) is 0 Å². The zero-order chi connectivity index (χ0) is 8.55. The van der Waals surface area contributed by atoms with E-state index in [0.29, 0.717) is 0 Å². The summed E-state index contributed by atoms with van der Waals surface area (Å²) < 4.78 is 0. The van der Waals surface area contributed by atoms with E-state index < -0.39 is 0 Å². The number of fused-ring (bicyclic) bond motifs is 1. The number of nitrogens with two attached hydrogens (primary N) is 1. The number of rotatable bonds is 0. The highest BCUT2D eigenvalue weighted by Gasteiger charge is 2.18. The zero-order valence-electron chi connectivity index (χ0n) is 7.09. The molecular weight excluding hydrogens is 146 g/mol. The van der Waals surface area contributed by atoms with E-state index in [9.17, 15) is 0 Å². The molecule has 0 heterocycles. The molecule has 62 valence electrons. The van der Waals surface area contributed by atoms with Gasteiger partial charge < -0.3 is 5.73 Å². The van der Waals surface area contributed by atoms with Crippen LogP contribution in [0.3, 0.4) is 0 Å². The summed E-state index contributed by atoms with van der Waals surface area (Å²) in [5.74, 6) is 0. The quantitative estimate of drug-likeness (QED) is 0.577. The molecule has 0 spiro atoms. The minimum Gasteiger partial charge on any atom is -0.321 e. The molecule has 1 unspecified atom stereocenters. The highest BCUT2D eigenvalue weighted by atomic mass is 14.6. The maximum atomic E-state index is 5.99. The van der Waals surface area contributed by atoms with Gasteiger partial charge in [-0.05, 0) is 24.0 Å². The molecule has 1 atom stereocenters. The normalized spacial score (nSPS) is 22.1. The van der Waals surface area contributed by atoms with Crippen LogP contribution in [0.25, 0.3) is 0 Å². The molecule has 1 nitrogen and oxygen atoms in total. The van der Waals surface area contributed by atoms with Crippen LogP contribution in [0.2, 0.25) is 0 Å². The second kappa shape index (κ2) is 2.76. The van der Waals surface area contributed by atoms with Crippen molar-refractivity contribution in [2.45, 2.75) is 18.9 Å². The van der Waals surface area contributed by atoms with Gasteiger partial charge in [0.05, 0.1) is 6.04 Å². The predicted molar refractivity (Wildman–Crippen MR) is 50.8 cm³/mol. The molecule has 1 aromatic rings. The monoisotopic (exact) mass is 159 g/mol. The van der Waals surface area contributed by atoms with Gasteiger partial charge in [-0.1, -0.05) is 36.4 Å². The number of aryl methyl sites for hydroxylation is 1. The second-order valence-corrected chi connectivity index (χ2v) is 3.33. The van der Waals surface area contributed by atoms with Crippen molar-refractivity contribution < 1.29 is 0 Å². The molecule has 2 rings (SSSR count). The summed E-state index contributed by atoms with van der Waals surface area (Å²) in [6, 6.07) is 8.43. The first kappa shape index (κ1) is 7.56. The molecule has 2 N–H and O–H groups in total. The average Bonchev–Trinajstić information content (AvgIpc) is 2.12. The standard InChI is InChI=1S/C11H13N/c1-8-6-7-9-4-2-3-5-10(9)11(8)12/h2-5,11H,1,6-7,12H2. The first-order valence-corrected chi connectivity index (χ1v) is 4.30. The third-order valence-corrected chi connectivity index (χ3v) is 2.55. The molecule has 1 aromatic carbocycles. The Labute approximate surface area is 72.9 Å². The fraction of sp³-hybridized carbons (Fsp3) is 0.273. The lowest BCUT2D eigenvalue weighted by atomic mass is 9.85. The molecule has 0 fully saturated rings. The van der Waals surface area contributed by atoms with Crippen molar-refractivity contribution in [3.05, 3.63) is 47.5 Å². The fourth-order valence-electron chi connectivity index (χ4n) is 1.74. The SMILES string of the molecule is C=C1CCc2ccccc2C1N. The topological polar surface area (TPSA) is 26.0 Å². The number of hydrogen-bond donors (Lipinski definition) is 1. The fourth-order valence-corrected chi connectivity index (χ4v) is 1.74. The summed E-state index contributed by atoms with van der Waals surface area (Å²) in [6.45, 7) is 3.97. The third kappa shape index (κ3) is 1.07. The van der Waals surface area contributed by atoms with Crippen molar-refractivity contribution in [3.8, 4) is 0 Å². The Balaban J connectivity index is 2.48. The molecule has 0 aliphatic heterocycles. The lowest BCUT2D eigenvalue weighted by Crippen LogP contribution is -2.19. The molecule has 0 bridgehead atoms. The van der Waals surface area contributed by atoms with Gasteiger partial charge in [-0.3, -0.25) is 0 Å². The molecule has 1 aliphatic rings. The van der Waals surface area contributed by atoms with E-state index >= 15 is 0 Å². The van der Waals surface area contributed by atoms with Crippen LogP contribution in [-0.2, 0) is 6.42 Å². The molecule has 0 saturated heterocycles.